The summed E-state index contributed by atoms with van der Waals surface area (Å²) in [6.45, 7) is 6.51. The Labute approximate surface area is 222 Å². The van der Waals surface area contributed by atoms with Crippen LogP contribution in [0, 0.1) is 11.8 Å². The zero-order valence-corrected chi connectivity index (χ0v) is 22.9. The zero-order chi connectivity index (χ0) is 27.4. The van der Waals surface area contributed by atoms with Crippen molar-refractivity contribution in [1.82, 2.24) is 19.6 Å². The van der Waals surface area contributed by atoms with Crippen molar-refractivity contribution in [3.63, 3.8) is 0 Å². The third kappa shape index (κ3) is 6.22. The maximum absolute atomic E-state index is 13.7. The van der Waals surface area contributed by atoms with Crippen LogP contribution in [0.1, 0.15) is 27.2 Å². The predicted molar refractivity (Wildman–Crippen MR) is 138 cm³/mol. The van der Waals surface area contributed by atoms with Crippen LogP contribution in [0.5, 0.6) is 5.75 Å². The SMILES string of the molecule is CC#CCOc1ccc(S(=O)(=O)N2C[C@@](CC(=O)N3CCN(C)CC3)(C(=O)NO)OC(C)(C)C2=S)cc1. The molecule has 11 nitrogen and oxygen atoms in total. The Kier molecular flexibility index (Phi) is 8.81. The maximum Gasteiger partial charge on any atom is 0.278 e. The van der Waals surface area contributed by atoms with Crippen LogP contribution < -0.4 is 10.2 Å². The van der Waals surface area contributed by atoms with Crippen molar-refractivity contribution in [2.45, 2.75) is 43.3 Å². The Bertz CT molecular complexity index is 1200. The lowest BCUT2D eigenvalue weighted by molar-refractivity contribution is -0.181. The molecule has 0 aliphatic carbocycles. The second-order valence-corrected chi connectivity index (χ2v) is 11.7. The van der Waals surface area contributed by atoms with Gasteiger partial charge < -0.3 is 19.3 Å². The summed E-state index contributed by atoms with van der Waals surface area (Å²) in [4.78, 5) is 29.7. The Morgan fingerprint density at radius 2 is 1.81 bits per heavy atom. The highest BCUT2D eigenvalue weighted by Gasteiger charge is 2.56. The van der Waals surface area contributed by atoms with Crippen LogP contribution in [-0.4, -0.2) is 102 Å². The number of morpholine rings is 1. The smallest absolute Gasteiger partial charge is 0.278 e. The molecule has 13 heteroatoms. The van der Waals surface area contributed by atoms with Crippen molar-refractivity contribution in [2.75, 3.05) is 46.4 Å². The van der Waals surface area contributed by atoms with Crippen LogP contribution in [0.25, 0.3) is 0 Å². The van der Waals surface area contributed by atoms with Crippen molar-refractivity contribution in [3.8, 4) is 17.6 Å². The lowest BCUT2D eigenvalue weighted by Gasteiger charge is -2.49. The number of carbonyl (C=O) groups excluding carboxylic acids is 2. The molecular weight excluding hydrogens is 520 g/mol. The molecule has 0 aromatic heterocycles. The van der Waals surface area contributed by atoms with E-state index in [2.05, 4.69) is 16.7 Å². The summed E-state index contributed by atoms with van der Waals surface area (Å²) in [6, 6.07) is 5.70. The third-order valence-corrected chi connectivity index (χ3v) is 8.89. The quantitative estimate of drug-likeness (QED) is 0.217. The number of sulfonamides is 1. The minimum absolute atomic E-state index is 0.0838. The highest BCUT2D eigenvalue weighted by molar-refractivity contribution is 7.91. The number of rotatable bonds is 7. The van der Waals surface area contributed by atoms with Crippen molar-refractivity contribution in [2.24, 2.45) is 0 Å². The van der Waals surface area contributed by atoms with E-state index in [1.165, 1.54) is 38.1 Å². The maximum atomic E-state index is 13.7. The average Bonchev–Trinajstić information content (AvgIpc) is 2.86. The van der Waals surface area contributed by atoms with E-state index < -0.39 is 46.0 Å². The molecule has 0 saturated carbocycles. The minimum Gasteiger partial charge on any atom is -0.481 e. The van der Waals surface area contributed by atoms with Gasteiger partial charge in [-0.2, -0.15) is 0 Å². The molecule has 0 unspecified atom stereocenters. The number of hydrogen-bond donors (Lipinski definition) is 2. The highest BCUT2D eigenvalue weighted by atomic mass is 32.2. The lowest BCUT2D eigenvalue weighted by Crippen LogP contribution is -2.69. The van der Waals surface area contributed by atoms with Gasteiger partial charge in [0.05, 0.1) is 17.9 Å². The fourth-order valence-corrected chi connectivity index (χ4v) is 6.15. The first-order valence-electron chi connectivity index (χ1n) is 11.7. The molecule has 0 radical (unpaired) electrons. The topological polar surface area (TPSA) is 129 Å². The first-order valence-corrected chi connectivity index (χ1v) is 13.5. The third-order valence-electron chi connectivity index (χ3n) is 6.30. The lowest BCUT2D eigenvalue weighted by atomic mass is 9.92. The molecule has 202 valence electrons. The van der Waals surface area contributed by atoms with Crippen molar-refractivity contribution < 1.29 is 32.7 Å². The molecule has 2 heterocycles. The first-order chi connectivity index (χ1) is 17.4. The van der Waals surface area contributed by atoms with Gasteiger partial charge in [-0.15, -0.1) is 5.92 Å². The molecule has 3 rings (SSSR count). The van der Waals surface area contributed by atoms with E-state index in [1.807, 2.05) is 7.05 Å². The number of thiocarbonyl (C=S) groups is 1. The van der Waals surface area contributed by atoms with Gasteiger partial charge in [0, 0.05) is 26.2 Å². The van der Waals surface area contributed by atoms with Gasteiger partial charge in [0.15, 0.2) is 5.60 Å². The van der Waals surface area contributed by atoms with E-state index in [0.717, 1.165) is 4.31 Å². The van der Waals surface area contributed by atoms with E-state index in [9.17, 15) is 23.2 Å². The monoisotopic (exact) mass is 552 g/mol. The number of nitrogens with one attached hydrogen (secondary N) is 1. The molecule has 1 atom stereocenters. The molecule has 2 amide bonds. The average molecular weight is 553 g/mol. The van der Waals surface area contributed by atoms with E-state index in [0.29, 0.717) is 31.9 Å². The molecule has 2 saturated heterocycles. The molecule has 37 heavy (non-hydrogen) atoms. The number of amides is 2. The molecule has 1 aromatic rings. The standard InChI is InChI=1S/C24H32N4O7S2/c1-5-6-15-34-18-7-9-19(10-8-18)37(32,33)28-17-24(21(30)25-31,35-23(2,3)22(28)36)16-20(29)27-13-11-26(4)12-14-27/h7-10,31H,11-17H2,1-4H3,(H,25,30)/t24-/m0/s1. The van der Waals surface area contributed by atoms with Gasteiger partial charge in [-0.25, -0.2) is 13.9 Å². The number of hydroxylamine groups is 1. The fraction of sp³-hybridized carbons (Fsp3) is 0.542. The van der Waals surface area contributed by atoms with E-state index in [-0.39, 0.29) is 16.5 Å². The molecule has 2 fully saturated rings. The van der Waals surface area contributed by atoms with Gasteiger partial charge in [0.1, 0.15) is 22.9 Å². The Balaban J connectivity index is 1.94. The number of nitrogens with zero attached hydrogens (tertiary/aromatic N) is 3. The molecule has 1 aromatic carbocycles. The second-order valence-electron chi connectivity index (χ2n) is 9.41. The molecule has 0 spiro atoms. The molecule has 2 aliphatic rings. The van der Waals surface area contributed by atoms with Crippen LogP contribution in [0.15, 0.2) is 29.2 Å². The van der Waals surface area contributed by atoms with Crippen LogP contribution in [0.3, 0.4) is 0 Å². The van der Waals surface area contributed by atoms with Crippen molar-refractivity contribution >= 4 is 39.0 Å². The van der Waals surface area contributed by atoms with Crippen LogP contribution >= 0.6 is 12.2 Å². The number of likely N-dealkylation sites (N-methyl/N-ethyl adjacent to an activating group) is 1. The summed E-state index contributed by atoms with van der Waals surface area (Å²) >= 11 is 5.47. The van der Waals surface area contributed by atoms with Gasteiger partial charge in [0.2, 0.25) is 5.91 Å². The Hall–Kier alpha value is -2.76. The highest BCUT2D eigenvalue weighted by Crippen LogP contribution is 2.37. The molecule has 2 aliphatic heterocycles. The Morgan fingerprint density at radius 1 is 1.19 bits per heavy atom. The van der Waals surface area contributed by atoms with E-state index in [1.54, 1.807) is 17.3 Å². The van der Waals surface area contributed by atoms with Crippen molar-refractivity contribution in [3.05, 3.63) is 24.3 Å². The normalized spacial score (nSPS) is 22.1. The van der Waals surface area contributed by atoms with Gasteiger partial charge in [-0.1, -0.05) is 18.1 Å². The Morgan fingerprint density at radius 3 is 2.38 bits per heavy atom. The van der Waals surface area contributed by atoms with E-state index >= 15 is 0 Å². The summed E-state index contributed by atoms with van der Waals surface area (Å²) in [6.07, 6.45) is -0.480. The second kappa shape index (κ2) is 11.3. The number of hydrogen-bond acceptors (Lipinski definition) is 9. The number of benzene rings is 1. The number of piperazine rings is 1. The minimum atomic E-state index is -4.27. The summed E-state index contributed by atoms with van der Waals surface area (Å²) in [5, 5.41) is 9.54. The zero-order valence-electron chi connectivity index (χ0n) is 21.3. The van der Waals surface area contributed by atoms with Gasteiger partial charge in [-0.05, 0) is 52.1 Å². The number of ether oxygens (including phenoxy) is 2. The van der Waals surface area contributed by atoms with Gasteiger partial charge in [-0.3, -0.25) is 19.1 Å². The van der Waals surface area contributed by atoms with Crippen LogP contribution in [0.4, 0.5) is 0 Å². The van der Waals surface area contributed by atoms with Crippen molar-refractivity contribution in [1.29, 1.82) is 0 Å². The van der Waals surface area contributed by atoms with Crippen LogP contribution in [-0.2, 0) is 24.3 Å². The largest absolute Gasteiger partial charge is 0.481 e. The molecule has 2 N–H and O–H groups in total. The predicted octanol–water partition coefficient (Wildman–Crippen LogP) is 0.624. The summed E-state index contributed by atoms with van der Waals surface area (Å²) in [5.74, 6) is 4.46. The van der Waals surface area contributed by atoms with Gasteiger partial charge in [0.25, 0.3) is 15.9 Å². The summed E-state index contributed by atoms with van der Waals surface area (Å²) in [5.41, 5.74) is -1.90. The molecule has 0 bridgehead atoms. The van der Waals surface area contributed by atoms with Gasteiger partial charge >= 0.3 is 0 Å². The molecular formula is C24H32N4O7S2. The number of carbonyl (C=O) groups is 2. The summed E-state index contributed by atoms with van der Waals surface area (Å²) < 4.78 is 39.8. The summed E-state index contributed by atoms with van der Waals surface area (Å²) in [7, 11) is -2.33. The fourth-order valence-electron chi connectivity index (χ4n) is 4.19. The first kappa shape index (κ1) is 28.8. The van der Waals surface area contributed by atoms with Crippen LogP contribution in [0.2, 0.25) is 0 Å². The van der Waals surface area contributed by atoms with E-state index in [4.69, 9.17) is 21.7 Å².